The predicted octanol–water partition coefficient (Wildman–Crippen LogP) is 5.52. The molecule has 0 aliphatic carbocycles. The molecule has 0 saturated carbocycles. The van der Waals surface area contributed by atoms with Crippen molar-refractivity contribution in [1.82, 2.24) is 0 Å². The van der Waals surface area contributed by atoms with Gasteiger partial charge >= 0.3 is 0 Å². The van der Waals surface area contributed by atoms with E-state index < -0.39 is 0 Å². The molecule has 1 aromatic rings. The maximum Gasteiger partial charge on any atom is -0.00869 e. The highest BCUT2D eigenvalue weighted by molar-refractivity contribution is 14.1. The van der Waals surface area contributed by atoms with Gasteiger partial charge < -0.3 is 0 Å². The minimum absolute atomic E-state index is 1.13. The molecule has 0 spiro atoms. The molecule has 86 valence electrons. The van der Waals surface area contributed by atoms with Crippen LogP contribution < -0.4 is 0 Å². The van der Waals surface area contributed by atoms with Crippen molar-refractivity contribution in [1.29, 1.82) is 0 Å². The van der Waals surface area contributed by atoms with E-state index >= 15 is 0 Å². The molecule has 0 bridgehead atoms. The number of rotatable bonds is 4. The fourth-order valence-electron chi connectivity index (χ4n) is 1.80. The third kappa shape index (κ3) is 3.78. The van der Waals surface area contributed by atoms with E-state index in [1.807, 2.05) is 0 Å². The summed E-state index contributed by atoms with van der Waals surface area (Å²) in [4.78, 5) is 0. The van der Waals surface area contributed by atoms with Crippen molar-refractivity contribution in [2.45, 2.75) is 33.6 Å². The first-order valence-corrected chi connectivity index (χ1v) is 6.77. The van der Waals surface area contributed by atoms with Gasteiger partial charge in [-0.2, -0.15) is 0 Å². The Morgan fingerprint density at radius 3 is 2.56 bits per heavy atom. The monoisotopic (exact) mass is 326 g/mol. The zero-order chi connectivity index (χ0) is 12.0. The Bertz CT molecular complexity index is 396. The van der Waals surface area contributed by atoms with E-state index in [0.29, 0.717) is 0 Å². The fourth-order valence-corrected chi connectivity index (χ4v) is 2.36. The molecule has 0 saturated heterocycles. The van der Waals surface area contributed by atoms with Crippen LogP contribution in [-0.2, 0) is 0 Å². The maximum absolute atomic E-state index is 2.43. The highest BCUT2D eigenvalue weighted by Gasteiger charge is 2.06. The topological polar surface area (TPSA) is 0 Å². The molecule has 0 heterocycles. The van der Waals surface area contributed by atoms with Crippen LogP contribution in [0.5, 0.6) is 0 Å². The molecule has 0 radical (unpaired) electrons. The first-order chi connectivity index (χ1) is 7.66. The van der Waals surface area contributed by atoms with E-state index in [2.05, 4.69) is 79.8 Å². The Hall–Kier alpha value is -0.570. The lowest BCUT2D eigenvalue weighted by atomic mass is 9.97. The summed E-state index contributed by atoms with van der Waals surface area (Å²) in [6, 6.07) is 8.63. The van der Waals surface area contributed by atoms with Gasteiger partial charge in [-0.3, -0.25) is 0 Å². The van der Waals surface area contributed by atoms with E-state index in [0.717, 1.165) is 12.8 Å². The van der Waals surface area contributed by atoms with E-state index in [4.69, 9.17) is 0 Å². The number of halogens is 1. The van der Waals surface area contributed by atoms with E-state index in [1.54, 1.807) is 0 Å². The number of allylic oxidation sites excluding steroid dienone is 4. The standard InChI is InChI=1S/C15H19I/c1-4-5-6-11-15(13(3)16)14-10-8-7-9-12(14)2/h4-5,7-10H,6,11H2,1-3H3/b5-4-,15-13+. The van der Waals surface area contributed by atoms with Gasteiger partial charge in [0, 0.05) is 0 Å². The Balaban J connectivity index is 2.96. The summed E-state index contributed by atoms with van der Waals surface area (Å²) < 4.78 is 1.40. The van der Waals surface area contributed by atoms with Gasteiger partial charge in [0.1, 0.15) is 0 Å². The summed E-state index contributed by atoms with van der Waals surface area (Å²) in [5, 5.41) is 0. The molecule has 1 aromatic carbocycles. The highest BCUT2D eigenvalue weighted by atomic mass is 127. The summed E-state index contributed by atoms with van der Waals surface area (Å²) in [5.41, 5.74) is 4.25. The zero-order valence-electron chi connectivity index (χ0n) is 10.3. The smallest absolute Gasteiger partial charge is 0.00869 e. The fraction of sp³-hybridized carbons (Fsp3) is 0.333. The quantitative estimate of drug-likeness (QED) is 0.505. The molecule has 1 heteroatoms. The molecular weight excluding hydrogens is 307 g/mol. The summed E-state index contributed by atoms with van der Waals surface area (Å²) in [7, 11) is 0. The van der Waals surface area contributed by atoms with Crippen LogP contribution in [0.3, 0.4) is 0 Å². The first kappa shape index (κ1) is 13.5. The van der Waals surface area contributed by atoms with Crippen LogP contribution in [0, 0.1) is 6.92 Å². The molecule has 0 aromatic heterocycles. The van der Waals surface area contributed by atoms with Crippen molar-refractivity contribution in [2.24, 2.45) is 0 Å². The van der Waals surface area contributed by atoms with Crippen molar-refractivity contribution in [2.75, 3.05) is 0 Å². The summed E-state index contributed by atoms with van der Waals surface area (Å²) >= 11 is 2.43. The SMILES string of the molecule is C/C=C\CC/C(=C(/C)I)c1ccccc1C. The first-order valence-electron chi connectivity index (χ1n) is 5.69. The minimum Gasteiger partial charge on any atom is -0.0917 e. The molecule has 0 N–H and O–H groups in total. The second-order valence-corrected chi connectivity index (χ2v) is 5.55. The predicted molar refractivity (Wildman–Crippen MR) is 81.8 cm³/mol. The van der Waals surface area contributed by atoms with Gasteiger partial charge in [0.05, 0.1) is 0 Å². The normalized spacial score (nSPS) is 13.0. The third-order valence-electron chi connectivity index (χ3n) is 2.68. The molecule has 0 unspecified atom stereocenters. The van der Waals surface area contributed by atoms with Crippen molar-refractivity contribution < 1.29 is 0 Å². The molecule has 16 heavy (non-hydrogen) atoms. The summed E-state index contributed by atoms with van der Waals surface area (Å²) in [6.45, 7) is 6.45. The Labute approximate surface area is 113 Å². The van der Waals surface area contributed by atoms with Gasteiger partial charge in [-0.15, -0.1) is 0 Å². The number of aryl methyl sites for hydroxylation is 1. The maximum atomic E-state index is 2.43. The molecule has 0 fully saturated rings. The highest BCUT2D eigenvalue weighted by Crippen LogP contribution is 2.29. The van der Waals surface area contributed by atoms with E-state index in [1.165, 1.54) is 20.3 Å². The van der Waals surface area contributed by atoms with Crippen LogP contribution >= 0.6 is 22.6 Å². The third-order valence-corrected chi connectivity index (χ3v) is 3.33. The number of benzene rings is 1. The second kappa shape index (κ2) is 6.89. The Morgan fingerprint density at radius 1 is 1.31 bits per heavy atom. The average molecular weight is 326 g/mol. The van der Waals surface area contributed by atoms with Gasteiger partial charge in [-0.25, -0.2) is 0 Å². The van der Waals surface area contributed by atoms with Gasteiger partial charge in [0.15, 0.2) is 0 Å². The Kier molecular flexibility index (Phi) is 5.81. The van der Waals surface area contributed by atoms with Crippen molar-refractivity contribution in [3.8, 4) is 0 Å². The lowest BCUT2D eigenvalue weighted by Crippen LogP contribution is -1.90. The van der Waals surface area contributed by atoms with Crippen molar-refractivity contribution >= 4 is 28.2 Å². The average Bonchev–Trinajstić information content (AvgIpc) is 2.25. The van der Waals surface area contributed by atoms with Crippen LogP contribution in [0.15, 0.2) is 40.0 Å². The van der Waals surface area contributed by atoms with Gasteiger partial charge in [-0.1, -0.05) is 36.4 Å². The summed E-state index contributed by atoms with van der Waals surface area (Å²) in [5.74, 6) is 0. The van der Waals surface area contributed by atoms with Crippen molar-refractivity contribution in [3.63, 3.8) is 0 Å². The second-order valence-electron chi connectivity index (χ2n) is 3.93. The van der Waals surface area contributed by atoms with Crippen molar-refractivity contribution in [3.05, 3.63) is 51.1 Å². The minimum atomic E-state index is 1.13. The van der Waals surface area contributed by atoms with Crippen LogP contribution in [0.25, 0.3) is 5.57 Å². The molecule has 0 amide bonds. The largest absolute Gasteiger partial charge is 0.0917 e. The van der Waals surface area contributed by atoms with Crippen LogP contribution in [0.1, 0.15) is 37.8 Å². The molecule has 1 rings (SSSR count). The molecule has 0 aliphatic heterocycles. The summed E-state index contributed by atoms with van der Waals surface area (Å²) in [6.07, 6.45) is 6.61. The van der Waals surface area contributed by atoms with Crippen LogP contribution in [0.2, 0.25) is 0 Å². The zero-order valence-corrected chi connectivity index (χ0v) is 12.4. The molecule has 0 nitrogen and oxygen atoms in total. The molecule has 0 atom stereocenters. The van der Waals surface area contributed by atoms with Gasteiger partial charge in [0.25, 0.3) is 0 Å². The number of hydrogen-bond acceptors (Lipinski definition) is 0. The van der Waals surface area contributed by atoms with Crippen LogP contribution in [0.4, 0.5) is 0 Å². The van der Waals surface area contributed by atoms with Gasteiger partial charge in [0.2, 0.25) is 0 Å². The molecule has 0 aliphatic rings. The lowest BCUT2D eigenvalue weighted by molar-refractivity contribution is 1.06. The number of hydrogen-bond donors (Lipinski definition) is 0. The molecular formula is C15H19I. The van der Waals surface area contributed by atoms with Gasteiger partial charge in [-0.05, 0) is 76.5 Å². The Morgan fingerprint density at radius 2 is 2.00 bits per heavy atom. The van der Waals surface area contributed by atoms with E-state index in [9.17, 15) is 0 Å². The van der Waals surface area contributed by atoms with Crippen LogP contribution in [-0.4, -0.2) is 0 Å². The van der Waals surface area contributed by atoms with E-state index in [-0.39, 0.29) is 0 Å². The lowest BCUT2D eigenvalue weighted by Gasteiger charge is -2.11.